The van der Waals surface area contributed by atoms with E-state index in [9.17, 15) is 4.79 Å². The molecule has 5 heteroatoms. The Morgan fingerprint density at radius 2 is 1.65 bits per heavy atom. The summed E-state index contributed by atoms with van der Waals surface area (Å²) in [6.45, 7) is 17.0. The molecule has 1 unspecified atom stereocenters. The van der Waals surface area contributed by atoms with Crippen molar-refractivity contribution in [1.82, 2.24) is 15.1 Å². The number of likely N-dealkylation sites (N-methyl/N-ethyl adjacent to an activating group) is 1. The lowest BCUT2D eigenvalue weighted by atomic mass is 10.2. The van der Waals surface area contributed by atoms with Crippen LogP contribution in [0.25, 0.3) is 0 Å². The predicted molar refractivity (Wildman–Crippen MR) is 85.9 cm³/mol. The van der Waals surface area contributed by atoms with Crippen molar-refractivity contribution in [1.29, 1.82) is 0 Å². The third-order valence-corrected chi connectivity index (χ3v) is 3.04. The second-order valence-electron chi connectivity index (χ2n) is 4.30. The van der Waals surface area contributed by atoms with Gasteiger partial charge in [-0.15, -0.1) is 0 Å². The van der Waals surface area contributed by atoms with E-state index in [-0.39, 0.29) is 18.6 Å². The second-order valence-corrected chi connectivity index (χ2v) is 4.30. The van der Waals surface area contributed by atoms with Crippen molar-refractivity contribution in [2.45, 2.75) is 47.6 Å². The standard InChI is InChI=1S/C11H23N3O2.2C2H6/c1-3-12-11(16)8-13-4-6-14(7-5-13)10(2)9-15;2*1-2/h10,15H,3-9H2,1-2H3,(H,12,16);2*1-2H3. The maximum atomic E-state index is 11.4. The fourth-order valence-corrected chi connectivity index (χ4v) is 1.93. The minimum atomic E-state index is 0.103. The molecule has 0 aromatic heterocycles. The van der Waals surface area contributed by atoms with Crippen molar-refractivity contribution >= 4 is 5.91 Å². The number of amides is 1. The van der Waals surface area contributed by atoms with Crippen molar-refractivity contribution < 1.29 is 9.90 Å². The Kier molecular flexibility index (Phi) is 16.0. The van der Waals surface area contributed by atoms with E-state index in [0.717, 1.165) is 26.2 Å². The number of nitrogens with zero attached hydrogens (tertiary/aromatic N) is 2. The third-order valence-electron chi connectivity index (χ3n) is 3.04. The number of carbonyl (C=O) groups excluding carboxylic acids is 1. The van der Waals surface area contributed by atoms with E-state index in [0.29, 0.717) is 13.1 Å². The molecule has 5 nitrogen and oxygen atoms in total. The van der Waals surface area contributed by atoms with E-state index in [1.807, 2.05) is 41.5 Å². The van der Waals surface area contributed by atoms with E-state index in [2.05, 4.69) is 15.1 Å². The number of aliphatic hydroxyl groups excluding tert-OH is 1. The Hall–Kier alpha value is -0.650. The van der Waals surface area contributed by atoms with Gasteiger partial charge in [0, 0.05) is 38.8 Å². The number of piperazine rings is 1. The summed E-state index contributed by atoms with van der Waals surface area (Å²) in [5, 5.41) is 11.9. The van der Waals surface area contributed by atoms with Gasteiger partial charge < -0.3 is 10.4 Å². The highest BCUT2D eigenvalue weighted by atomic mass is 16.3. The van der Waals surface area contributed by atoms with E-state index in [1.54, 1.807) is 0 Å². The Labute approximate surface area is 125 Å². The lowest BCUT2D eigenvalue weighted by Crippen LogP contribution is -2.52. The summed E-state index contributed by atoms with van der Waals surface area (Å²) in [4.78, 5) is 15.8. The molecule has 1 amide bonds. The number of hydrogen-bond acceptors (Lipinski definition) is 4. The summed E-state index contributed by atoms with van der Waals surface area (Å²) in [5.74, 6) is 0.103. The van der Waals surface area contributed by atoms with E-state index in [4.69, 9.17) is 5.11 Å². The van der Waals surface area contributed by atoms with Crippen LogP contribution in [0.4, 0.5) is 0 Å². The maximum absolute atomic E-state index is 11.4. The third kappa shape index (κ3) is 9.28. The monoisotopic (exact) mass is 289 g/mol. The predicted octanol–water partition coefficient (Wildman–Crippen LogP) is 1.17. The molecule has 1 heterocycles. The summed E-state index contributed by atoms with van der Waals surface area (Å²) in [6, 6.07) is 0.228. The molecular weight excluding hydrogens is 254 g/mol. The molecule has 1 atom stereocenters. The molecule has 0 aromatic carbocycles. The Bertz CT molecular complexity index is 217. The fourth-order valence-electron chi connectivity index (χ4n) is 1.93. The number of aliphatic hydroxyl groups is 1. The first-order valence-corrected chi connectivity index (χ1v) is 8.01. The van der Waals surface area contributed by atoms with Gasteiger partial charge in [0.25, 0.3) is 0 Å². The number of carbonyl (C=O) groups is 1. The van der Waals surface area contributed by atoms with Crippen LogP contribution in [-0.4, -0.2) is 72.7 Å². The zero-order valence-electron chi connectivity index (χ0n) is 14.3. The Balaban J connectivity index is 0. The van der Waals surface area contributed by atoms with E-state index < -0.39 is 0 Å². The second kappa shape index (κ2) is 14.8. The highest BCUT2D eigenvalue weighted by Gasteiger charge is 2.21. The largest absolute Gasteiger partial charge is 0.395 e. The molecule has 2 N–H and O–H groups in total. The fraction of sp³-hybridized carbons (Fsp3) is 0.933. The Morgan fingerprint density at radius 1 is 1.15 bits per heavy atom. The van der Waals surface area contributed by atoms with Crippen molar-refractivity contribution in [3.05, 3.63) is 0 Å². The SMILES string of the molecule is CC.CC.CCNC(=O)CN1CCN(C(C)CO)CC1. The molecule has 0 radical (unpaired) electrons. The van der Waals surface area contributed by atoms with Crippen molar-refractivity contribution in [3.63, 3.8) is 0 Å². The first kappa shape index (κ1) is 21.6. The molecule has 1 aliphatic heterocycles. The molecule has 122 valence electrons. The zero-order chi connectivity index (χ0) is 16.0. The highest BCUT2D eigenvalue weighted by Crippen LogP contribution is 2.05. The summed E-state index contributed by atoms with van der Waals surface area (Å²) >= 11 is 0. The number of nitrogens with one attached hydrogen (secondary N) is 1. The Morgan fingerprint density at radius 3 is 2.05 bits per heavy atom. The molecule has 0 spiro atoms. The van der Waals surface area contributed by atoms with Gasteiger partial charge in [0.1, 0.15) is 0 Å². The molecular formula is C15H35N3O2. The summed E-state index contributed by atoms with van der Waals surface area (Å²) < 4.78 is 0. The van der Waals surface area contributed by atoms with Crippen molar-refractivity contribution in [3.8, 4) is 0 Å². The van der Waals surface area contributed by atoms with Gasteiger partial charge in [-0.3, -0.25) is 14.6 Å². The van der Waals surface area contributed by atoms with Crippen LogP contribution in [0, 0.1) is 0 Å². The average molecular weight is 289 g/mol. The lowest BCUT2D eigenvalue weighted by Gasteiger charge is -2.37. The first-order valence-electron chi connectivity index (χ1n) is 8.01. The van der Waals surface area contributed by atoms with E-state index in [1.165, 1.54) is 0 Å². The zero-order valence-corrected chi connectivity index (χ0v) is 14.3. The van der Waals surface area contributed by atoms with E-state index >= 15 is 0 Å². The van der Waals surface area contributed by atoms with Crippen molar-refractivity contribution in [2.75, 3.05) is 45.9 Å². The smallest absolute Gasteiger partial charge is 0.234 e. The molecule has 20 heavy (non-hydrogen) atoms. The summed E-state index contributed by atoms with van der Waals surface area (Å²) in [7, 11) is 0. The van der Waals surface area contributed by atoms with Gasteiger partial charge in [0.15, 0.2) is 0 Å². The molecule has 0 aliphatic carbocycles. The van der Waals surface area contributed by atoms with Gasteiger partial charge in [-0.05, 0) is 13.8 Å². The van der Waals surface area contributed by atoms with Gasteiger partial charge in [0.05, 0.1) is 13.2 Å². The van der Waals surface area contributed by atoms with Crippen LogP contribution in [0.15, 0.2) is 0 Å². The normalized spacial score (nSPS) is 17.1. The lowest BCUT2D eigenvalue weighted by molar-refractivity contribution is -0.122. The molecule has 1 aliphatic rings. The van der Waals surface area contributed by atoms with Crippen LogP contribution in [0.2, 0.25) is 0 Å². The van der Waals surface area contributed by atoms with Gasteiger partial charge in [-0.1, -0.05) is 27.7 Å². The number of hydrogen-bond donors (Lipinski definition) is 2. The summed E-state index contributed by atoms with van der Waals surface area (Å²) in [5.41, 5.74) is 0. The molecule has 1 fully saturated rings. The van der Waals surface area contributed by atoms with Crippen LogP contribution in [-0.2, 0) is 4.79 Å². The van der Waals surface area contributed by atoms with Crippen LogP contribution >= 0.6 is 0 Å². The van der Waals surface area contributed by atoms with Crippen LogP contribution in [0.3, 0.4) is 0 Å². The minimum Gasteiger partial charge on any atom is -0.395 e. The van der Waals surface area contributed by atoms with Crippen LogP contribution in [0.5, 0.6) is 0 Å². The minimum absolute atomic E-state index is 0.103. The van der Waals surface area contributed by atoms with Gasteiger partial charge in [0.2, 0.25) is 5.91 Å². The summed E-state index contributed by atoms with van der Waals surface area (Å²) in [6.07, 6.45) is 0. The molecule has 1 saturated heterocycles. The molecule has 1 rings (SSSR count). The molecule has 0 saturated carbocycles. The van der Waals surface area contributed by atoms with Gasteiger partial charge in [-0.2, -0.15) is 0 Å². The topological polar surface area (TPSA) is 55.8 Å². The highest BCUT2D eigenvalue weighted by molar-refractivity contribution is 5.77. The number of rotatable bonds is 5. The molecule has 0 aromatic rings. The maximum Gasteiger partial charge on any atom is 0.234 e. The van der Waals surface area contributed by atoms with Gasteiger partial charge in [-0.25, -0.2) is 0 Å². The first-order chi connectivity index (χ1) is 9.67. The van der Waals surface area contributed by atoms with Crippen LogP contribution < -0.4 is 5.32 Å². The quantitative estimate of drug-likeness (QED) is 0.798. The van der Waals surface area contributed by atoms with Gasteiger partial charge >= 0.3 is 0 Å². The molecule has 0 bridgehead atoms. The van der Waals surface area contributed by atoms with Crippen LogP contribution in [0.1, 0.15) is 41.5 Å². The van der Waals surface area contributed by atoms with Crippen molar-refractivity contribution in [2.24, 2.45) is 0 Å². The average Bonchev–Trinajstić information content (AvgIpc) is 2.51.